The molecule has 2 saturated heterocycles. The van der Waals surface area contributed by atoms with Crippen molar-refractivity contribution in [3.8, 4) is 0 Å². The summed E-state index contributed by atoms with van der Waals surface area (Å²) in [4.78, 5) is 65.9. The molecule has 262 valence electrons. The fourth-order valence-electron chi connectivity index (χ4n) is 6.55. The number of pyridine rings is 1. The van der Waals surface area contributed by atoms with E-state index in [1.165, 1.54) is 49.2 Å². The van der Waals surface area contributed by atoms with Gasteiger partial charge in [0.15, 0.2) is 5.82 Å². The SMILES string of the molecule is O=C(Cc1cccs1)N[C@@H]1C(=O)N2C(C(=O)O)=C(CSC(=S)NC3CCN(c4c(F)cc5c(=O)c(C(=O)O)cn(C6CC6)c5c4F)C3)CS[C@H]12. The van der Waals surface area contributed by atoms with E-state index in [1.807, 2.05) is 17.5 Å². The number of nitrogens with zero attached hydrogens (tertiary/aromatic N) is 3. The Kier molecular flexibility index (Phi) is 9.38. The molecule has 4 aliphatic rings. The maximum Gasteiger partial charge on any atom is 0.352 e. The Bertz CT molecular complexity index is 2050. The molecule has 2 aromatic heterocycles. The number of anilines is 1. The summed E-state index contributed by atoms with van der Waals surface area (Å²) in [5.41, 5.74) is -1.52. The number of carbonyl (C=O) groups excluding carboxylic acids is 2. The lowest BCUT2D eigenvalue weighted by atomic mass is 10.0. The van der Waals surface area contributed by atoms with E-state index in [1.54, 1.807) is 0 Å². The van der Waals surface area contributed by atoms with Crippen LogP contribution in [-0.2, 0) is 20.8 Å². The topological polar surface area (TPSA) is 161 Å². The fraction of sp³-hybridized carbons (Fsp3) is 0.375. The van der Waals surface area contributed by atoms with Gasteiger partial charge in [-0.25, -0.2) is 18.4 Å². The highest BCUT2D eigenvalue weighted by Crippen LogP contribution is 2.42. The predicted molar refractivity (Wildman–Crippen MR) is 190 cm³/mol. The molecule has 0 spiro atoms. The van der Waals surface area contributed by atoms with Crippen LogP contribution in [0.25, 0.3) is 10.9 Å². The van der Waals surface area contributed by atoms with Gasteiger partial charge in [0.25, 0.3) is 5.91 Å². The number of fused-ring (bicyclic) bond motifs is 2. The molecule has 3 atom stereocenters. The van der Waals surface area contributed by atoms with Gasteiger partial charge in [-0.1, -0.05) is 30.0 Å². The van der Waals surface area contributed by atoms with Crippen molar-refractivity contribution in [1.82, 2.24) is 20.1 Å². The van der Waals surface area contributed by atoms with Crippen molar-refractivity contribution in [2.75, 3.05) is 29.5 Å². The molecule has 0 radical (unpaired) electrons. The highest BCUT2D eigenvalue weighted by atomic mass is 32.2. The summed E-state index contributed by atoms with van der Waals surface area (Å²) in [5.74, 6) is -4.90. The molecule has 1 aliphatic carbocycles. The lowest BCUT2D eigenvalue weighted by molar-refractivity contribution is -0.150. The van der Waals surface area contributed by atoms with Crippen LogP contribution >= 0.6 is 47.1 Å². The normalized spacial score (nSPS) is 21.6. The summed E-state index contributed by atoms with van der Waals surface area (Å²) in [6, 6.07) is 3.28. The summed E-state index contributed by atoms with van der Waals surface area (Å²) in [5, 5.41) is 26.4. The Balaban J connectivity index is 0.994. The molecular formula is C32H29F2N5O7S4. The number of hydrogen-bond donors (Lipinski definition) is 4. The second kappa shape index (κ2) is 13.6. The van der Waals surface area contributed by atoms with Gasteiger partial charge in [0.1, 0.15) is 38.5 Å². The average Bonchev–Trinajstić information content (AvgIpc) is 3.60. The van der Waals surface area contributed by atoms with E-state index in [-0.39, 0.29) is 65.5 Å². The van der Waals surface area contributed by atoms with Gasteiger partial charge in [0.2, 0.25) is 11.3 Å². The summed E-state index contributed by atoms with van der Waals surface area (Å²) in [6.07, 6.45) is 3.11. The van der Waals surface area contributed by atoms with Crippen molar-refractivity contribution in [2.45, 2.75) is 49.2 Å². The molecule has 2 amide bonds. The van der Waals surface area contributed by atoms with Crippen LogP contribution in [0.4, 0.5) is 14.5 Å². The standard InChI is InChI=1S/C32H29F2N5O7S4/c33-20-9-18-25(38(16-3-4-16)11-19(27(18)41)30(43)44)22(34)26(20)37-6-5-15(10-37)35-32(47)50-13-14-12-49-29-23(28(42)39(29)24(14)31(45)46)36-21(40)8-17-2-1-7-48-17/h1-2,7,9,11,15-16,23,29H,3-6,8,10,12-13H2,(H,35,47)(H,36,40)(H,43,44)(H,45,46)/t15?,23-,29-/m1/s1. The number of benzene rings is 1. The quantitative estimate of drug-likeness (QED) is 0.176. The lowest BCUT2D eigenvalue weighted by Gasteiger charge is -2.49. The number of thiophene rings is 1. The lowest BCUT2D eigenvalue weighted by Crippen LogP contribution is -2.70. The van der Waals surface area contributed by atoms with E-state index < -0.39 is 51.9 Å². The molecule has 3 aliphatic heterocycles. The van der Waals surface area contributed by atoms with Gasteiger partial charge in [-0.2, -0.15) is 0 Å². The number of carbonyl (C=O) groups is 4. The Hall–Kier alpha value is -4.00. The maximum atomic E-state index is 16.1. The highest BCUT2D eigenvalue weighted by molar-refractivity contribution is 8.23. The largest absolute Gasteiger partial charge is 0.477 e. The molecule has 18 heteroatoms. The molecule has 4 N–H and O–H groups in total. The van der Waals surface area contributed by atoms with E-state index in [0.29, 0.717) is 34.9 Å². The first-order chi connectivity index (χ1) is 23.9. The number of aliphatic carboxylic acids is 1. The van der Waals surface area contributed by atoms with Gasteiger partial charge < -0.3 is 30.3 Å². The molecule has 3 aromatic rings. The summed E-state index contributed by atoms with van der Waals surface area (Å²) in [7, 11) is 0. The number of hydrogen-bond acceptors (Lipinski definition) is 10. The van der Waals surface area contributed by atoms with Crippen LogP contribution in [0.2, 0.25) is 0 Å². The maximum absolute atomic E-state index is 16.1. The van der Waals surface area contributed by atoms with Gasteiger partial charge in [0.05, 0.1) is 17.3 Å². The average molecular weight is 762 g/mol. The van der Waals surface area contributed by atoms with Crippen LogP contribution in [0.15, 0.2) is 45.8 Å². The first-order valence-electron chi connectivity index (χ1n) is 15.6. The number of β-lactam (4-membered cyclic amide) rings is 1. The van der Waals surface area contributed by atoms with Crippen LogP contribution in [-0.4, -0.2) is 89.8 Å². The Morgan fingerprint density at radius 1 is 1.10 bits per heavy atom. The van der Waals surface area contributed by atoms with Crippen LogP contribution in [0.5, 0.6) is 0 Å². The molecule has 1 aromatic carbocycles. The number of carboxylic acid groups (broad SMARTS) is 2. The Morgan fingerprint density at radius 3 is 2.56 bits per heavy atom. The van der Waals surface area contributed by atoms with Crippen molar-refractivity contribution < 1.29 is 38.2 Å². The molecule has 50 heavy (non-hydrogen) atoms. The predicted octanol–water partition coefficient (Wildman–Crippen LogP) is 3.54. The monoisotopic (exact) mass is 761 g/mol. The number of aromatic nitrogens is 1. The minimum absolute atomic E-state index is 0.118. The van der Waals surface area contributed by atoms with Crippen molar-refractivity contribution in [3.63, 3.8) is 0 Å². The number of carboxylic acids is 2. The second-order valence-electron chi connectivity index (χ2n) is 12.4. The Morgan fingerprint density at radius 2 is 1.88 bits per heavy atom. The molecule has 12 nitrogen and oxygen atoms in total. The molecule has 1 unspecified atom stereocenters. The first-order valence-corrected chi connectivity index (χ1v) is 18.9. The van der Waals surface area contributed by atoms with E-state index in [0.717, 1.165) is 17.1 Å². The number of amides is 2. The molecule has 1 saturated carbocycles. The van der Waals surface area contributed by atoms with Gasteiger partial charge in [-0.05, 0) is 42.3 Å². The number of thioether (sulfide) groups is 2. The van der Waals surface area contributed by atoms with E-state index in [9.17, 15) is 34.2 Å². The zero-order valence-electron chi connectivity index (χ0n) is 26.0. The Labute approximate surface area is 300 Å². The number of aromatic carboxylic acids is 1. The molecule has 3 fully saturated rings. The van der Waals surface area contributed by atoms with Crippen molar-refractivity contribution in [1.29, 1.82) is 0 Å². The molecular weight excluding hydrogens is 733 g/mol. The third-order valence-corrected chi connectivity index (χ3v) is 12.6. The van der Waals surface area contributed by atoms with Gasteiger partial charge in [-0.15, -0.1) is 23.1 Å². The molecule has 0 bridgehead atoms. The van der Waals surface area contributed by atoms with Gasteiger partial charge in [0, 0.05) is 47.8 Å². The minimum Gasteiger partial charge on any atom is -0.477 e. The third kappa shape index (κ3) is 6.37. The van der Waals surface area contributed by atoms with Crippen LogP contribution < -0.4 is 21.0 Å². The number of rotatable bonds is 10. The van der Waals surface area contributed by atoms with Crippen molar-refractivity contribution >= 4 is 91.7 Å². The first kappa shape index (κ1) is 34.4. The van der Waals surface area contributed by atoms with Gasteiger partial charge >= 0.3 is 11.9 Å². The number of thiocarbonyl (C=S) groups is 1. The fourth-order valence-corrected chi connectivity index (χ4v) is 9.86. The smallest absolute Gasteiger partial charge is 0.352 e. The van der Waals surface area contributed by atoms with E-state index in [2.05, 4.69) is 10.6 Å². The zero-order chi connectivity index (χ0) is 35.4. The number of nitrogens with one attached hydrogen (secondary N) is 2. The molecule has 7 rings (SSSR count). The van der Waals surface area contributed by atoms with Crippen LogP contribution in [0.1, 0.15) is 40.5 Å². The van der Waals surface area contributed by atoms with Crippen molar-refractivity contribution in [2.24, 2.45) is 0 Å². The van der Waals surface area contributed by atoms with Crippen LogP contribution in [0, 0.1) is 11.6 Å². The summed E-state index contributed by atoms with van der Waals surface area (Å²) >= 11 is 9.51. The van der Waals surface area contributed by atoms with E-state index in [4.69, 9.17) is 12.2 Å². The minimum atomic E-state index is -1.46. The summed E-state index contributed by atoms with van der Waals surface area (Å²) < 4.78 is 33.3. The van der Waals surface area contributed by atoms with Gasteiger partial charge in [-0.3, -0.25) is 19.3 Å². The highest BCUT2D eigenvalue weighted by Gasteiger charge is 2.54. The third-order valence-electron chi connectivity index (χ3n) is 9.04. The second-order valence-corrected chi connectivity index (χ2v) is 16.1. The van der Waals surface area contributed by atoms with Crippen LogP contribution in [0.3, 0.4) is 0 Å². The summed E-state index contributed by atoms with van der Waals surface area (Å²) in [6.45, 7) is 0.461. The number of halogens is 2. The zero-order valence-corrected chi connectivity index (χ0v) is 29.3. The van der Waals surface area contributed by atoms with Crippen molar-refractivity contribution in [3.05, 3.63) is 73.3 Å². The van der Waals surface area contributed by atoms with E-state index >= 15 is 8.78 Å². The molecule has 5 heterocycles.